The van der Waals surface area contributed by atoms with Crippen LogP contribution in [0.2, 0.25) is 5.02 Å². The molecule has 5 nitrogen and oxygen atoms in total. The number of hydrogen-bond donors (Lipinski definition) is 1. The van der Waals surface area contributed by atoms with E-state index < -0.39 is 0 Å². The number of pyridine rings is 1. The largest absolute Gasteiger partial charge is 0.315 e. The fourth-order valence-corrected chi connectivity index (χ4v) is 3.20. The molecule has 0 aliphatic carbocycles. The van der Waals surface area contributed by atoms with Gasteiger partial charge >= 0.3 is 0 Å². The van der Waals surface area contributed by atoms with Gasteiger partial charge < -0.3 is 5.32 Å². The quantitative estimate of drug-likeness (QED) is 0.914. The Balaban J connectivity index is 1.88. The van der Waals surface area contributed by atoms with Crippen LogP contribution in [0.5, 0.6) is 0 Å². The Morgan fingerprint density at radius 3 is 3.09 bits per heavy atom. The molecule has 0 spiro atoms. The van der Waals surface area contributed by atoms with Crippen LogP contribution >= 0.6 is 11.6 Å². The van der Waals surface area contributed by atoms with E-state index in [1.807, 2.05) is 0 Å². The lowest BCUT2D eigenvalue weighted by Gasteiger charge is -2.27. The minimum absolute atomic E-state index is 0.0801. The van der Waals surface area contributed by atoms with Crippen molar-refractivity contribution in [3.05, 3.63) is 45.5 Å². The fraction of sp³-hybridized carbons (Fsp3) is 0.500. The molecule has 0 saturated carbocycles. The van der Waals surface area contributed by atoms with Crippen molar-refractivity contribution in [1.82, 2.24) is 19.6 Å². The van der Waals surface area contributed by atoms with Gasteiger partial charge in [0.1, 0.15) is 5.65 Å². The smallest absolute Gasteiger partial charge is 0.258 e. The van der Waals surface area contributed by atoms with Crippen molar-refractivity contribution in [3.63, 3.8) is 0 Å². The molecule has 22 heavy (non-hydrogen) atoms. The number of rotatable bonds is 5. The molecule has 3 heterocycles. The summed E-state index contributed by atoms with van der Waals surface area (Å²) in [7, 11) is 0. The average Bonchev–Trinajstić information content (AvgIpc) is 3.02. The lowest BCUT2D eigenvalue weighted by atomic mass is 10.2. The molecule has 1 atom stereocenters. The number of fused-ring (bicyclic) bond motifs is 1. The van der Waals surface area contributed by atoms with Crippen molar-refractivity contribution in [3.8, 4) is 0 Å². The Bertz CT molecular complexity index is 709. The first kappa shape index (κ1) is 15.5. The van der Waals surface area contributed by atoms with E-state index in [9.17, 15) is 4.79 Å². The molecule has 1 N–H and O–H groups in total. The highest BCUT2D eigenvalue weighted by Crippen LogP contribution is 2.14. The van der Waals surface area contributed by atoms with Crippen LogP contribution in [0.15, 0.2) is 29.2 Å². The van der Waals surface area contributed by atoms with Crippen LogP contribution in [0.3, 0.4) is 0 Å². The van der Waals surface area contributed by atoms with Crippen LogP contribution < -0.4 is 10.9 Å². The summed E-state index contributed by atoms with van der Waals surface area (Å²) in [4.78, 5) is 19.3. The van der Waals surface area contributed by atoms with Gasteiger partial charge in [-0.1, -0.05) is 18.5 Å². The Kier molecular flexibility index (Phi) is 4.76. The molecular formula is C16H21ClN4O. The number of hydrogen-bond acceptors (Lipinski definition) is 4. The van der Waals surface area contributed by atoms with E-state index >= 15 is 0 Å². The van der Waals surface area contributed by atoms with Gasteiger partial charge in [-0.25, -0.2) is 4.98 Å². The summed E-state index contributed by atoms with van der Waals surface area (Å²) in [5, 5.41) is 3.94. The van der Waals surface area contributed by atoms with Crippen LogP contribution in [0, 0.1) is 0 Å². The number of aromatic nitrogens is 2. The molecule has 1 aliphatic rings. The number of halogens is 1. The third-order valence-corrected chi connectivity index (χ3v) is 4.33. The first-order valence-corrected chi connectivity index (χ1v) is 8.18. The van der Waals surface area contributed by atoms with E-state index in [-0.39, 0.29) is 5.56 Å². The van der Waals surface area contributed by atoms with Gasteiger partial charge in [0, 0.05) is 31.4 Å². The highest BCUT2D eigenvalue weighted by Gasteiger charge is 2.22. The van der Waals surface area contributed by atoms with E-state index in [0.29, 0.717) is 23.3 Å². The standard InChI is InChI=1S/C16H21ClN4O/c1-2-7-20(14-5-6-18-9-14)11-13-8-16(22)21-10-12(17)3-4-15(21)19-13/h3-4,8,10,14,18H,2,5-7,9,11H2,1H3. The van der Waals surface area contributed by atoms with Gasteiger partial charge in [-0.3, -0.25) is 14.1 Å². The molecule has 2 aromatic rings. The summed E-state index contributed by atoms with van der Waals surface area (Å²) in [6.45, 7) is 6.00. The Hall–Kier alpha value is -1.43. The van der Waals surface area contributed by atoms with Crippen molar-refractivity contribution < 1.29 is 0 Å². The molecule has 2 aromatic heterocycles. The molecule has 0 radical (unpaired) electrons. The van der Waals surface area contributed by atoms with Crippen LogP contribution in [0.1, 0.15) is 25.5 Å². The summed E-state index contributed by atoms with van der Waals surface area (Å²) >= 11 is 5.94. The second-order valence-corrected chi connectivity index (χ2v) is 6.21. The Morgan fingerprint density at radius 2 is 2.36 bits per heavy atom. The fourth-order valence-electron chi connectivity index (χ4n) is 3.04. The zero-order valence-electron chi connectivity index (χ0n) is 12.8. The molecule has 3 rings (SSSR count). The van der Waals surface area contributed by atoms with E-state index in [0.717, 1.165) is 38.2 Å². The van der Waals surface area contributed by atoms with Crippen LogP contribution in [0.25, 0.3) is 5.65 Å². The summed E-state index contributed by atoms with van der Waals surface area (Å²) in [5.74, 6) is 0. The van der Waals surface area contributed by atoms with Gasteiger partial charge in [-0.2, -0.15) is 0 Å². The zero-order valence-corrected chi connectivity index (χ0v) is 13.5. The lowest BCUT2D eigenvalue weighted by Crippen LogP contribution is -2.37. The Morgan fingerprint density at radius 1 is 1.50 bits per heavy atom. The summed E-state index contributed by atoms with van der Waals surface area (Å²) in [5.41, 5.74) is 1.39. The van der Waals surface area contributed by atoms with Crippen molar-refractivity contribution >= 4 is 17.2 Å². The normalized spacial score (nSPS) is 18.4. The number of nitrogens with zero attached hydrogens (tertiary/aromatic N) is 3. The summed E-state index contributed by atoms with van der Waals surface area (Å²) < 4.78 is 1.49. The second kappa shape index (κ2) is 6.77. The van der Waals surface area contributed by atoms with E-state index in [1.54, 1.807) is 24.4 Å². The van der Waals surface area contributed by atoms with Crippen molar-refractivity contribution in [2.24, 2.45) is 0 Å². The van der Waals surface area contributed by atoms with Gasteiger partial charge in [-0.05, 0) is 38.1 Å². The predicted octanol–water partition coefficient (Wildman–Crippen LogP) is 1.92. The molecule has 1 aliphatic heterocycles. The second-order valence-electron chi connectivity index (χ2n) is 5.78. The average molecular weight is 321 g/mol. The maximum absolute atomic E-state index is 12.2. The molecule has 0 aromatic carbocycles. The molecule has 0 bridgehead atoms. The van der Waals surface area contributed by atoms with E-state index in [4.69, 9.17) is 11.6 Å². The van der Waals surface area contributed by atoms with Crippen molar-refractivity contribution in [2.75, 3.05) is 19.6 Å². The van der Waals surface area contributed by atoms with Crippen LogP contribution in [-0.2, 0) is 6.54 Å². The topological polar surface area (TPSA) is 49.6 Å². The molecule has 6 heteroatoms. The third-order valence-electron chi connectivity index (χ3n) is 4.10. The molecular weight excluding hydrogens is 300 g/mol. The van der Waals surface area contributed by atoms with Crippen LogP contribution in [0.4, 0.5) is 0 Å². The Labute approximate surface area is 134 Å². The minimum Gasteiger partial charge on any atom is -0.315 e. The van der Waals surface area contributed by atoms with Crippen molar-refractivity contribution in [1.29, 1.82) is 0 Å². The van der Waals surface area contributed by atoms with Crippen LogP contribution in [-0.4, -0.2) is 40.0 Å². The molecule has 1 saturated heterocycles. The van der Waals surface area contributed by atoms with Gasteiger partial charge in [0.2, 0.25) is 0 Å². The first-order chi connectivity index (χ1) is 10.7. The van der Waals surface area contributed by atoms with E-state index in [2.05, 4.69) is 22.1 Å². The first-order valence-electron chi connectivity index (χ1n) is 7.80. The molecule has 118 valence electrons. The van der Waals surface area contributed by atoms with Gasteiger partial charge in [-0.15, -0.1) is 0 Å². The van der Waals surface area contributed by atoms with Gasteiger partial charge in [0.05, 0.1) is 10.7 Å². The SMILES string of the molecule is CCCN(Cc1cc(=O)n2cc(Cl)ccc2n1)C1CCNC1. The third kappa shape index (κ3) is 3.32. The summed E-state index contributed by atoms with van der Waals surface area (Å²) in [6.07, 6.45) is 3.86. The van der Waals surface area contributed by atoms with Gasteiger partial charge in [0.25, 0.3) is 5.56 Å². The van der Waals surface area contributed by atoms with Gasteiger partial charge in [0.15, 0.2) is 0 Å². The lowest BCUT2D eigenvalue weighted by molar-refractivity contribution is 0.197. The predicted molar refractivity (Wildman–Crippen MR) is 88.4 cm³/mol. The monoisotopic (exact) mass is 320 g/mol. The van der Waals surface area contributed by atoms with E-state index in [1.165, 1.54) is 4.40 Å². The highest BCUT2D eigenvalue weighted by atomic mass is 35.5. The highest BCUT2D eigenvalue weighted by molar-refractivity contribution is 6.30. The maximum atomic E-state index is 12.2. The molecule has 0 amide bonds. The number of nitrogens with one attached hydrogen (secondary N) is 1. The maximum Gasteiger partial charge on any atom is 0.258 e. The summed E-state index contributed by atoms with van der Waals surface area (Å²) in [6, 6.07) is 5.70. The zero-order chi connectivity index (χ0) is 15.5. The molecule has 1 unspecified atom stereocenters. The molecule has 1 fully saturated rings. The van der Waals surface area contributed by atoms with Crippen molar-refractivity contribution in [2.45, 2.75) is 32.4 Å². The minimum atomic E-state index is -0.0801.